The standard InChI is InChI=1S/C9H11ClN2O2/c10-7-2-4-11-8(6-7)9(14)12-3-1-5-13/h2,4,6,13H,1,3,5H2,(H,12,14). The van der Waals surface area contributed by atoms with Gasteiger partial charge in [-0.05, 0) is 18.6 Å². The van der Waals surface area contributed by atoms with E-state index in [1.807, 2.05) is 0 Å². The highest BCUT2D eigenvalue weighted by Crippen LogP contribution is 2.07. The molecule has 0 spiro atoms. The van der Waals surface area contributed by atoms with Gasteiger partial charge in [0.05, 0.1) is 0 Å². The van der Waals surface area contributed by atoms with Crippen LogP contribution < -0.4 is 5.32 Å². The molecule has 0 unspecified atom stereocenters. The molecule has 2 N–H and O–H groups in total. The molecule has 0 radical (unpaired) electrons. The molecule has 76 valence electrons. The number of hydrogen-bond acceptors (Lipinski definition) is 3. The third kappa shape index (κ3) is 3.32. The zero-order chi connectivity index (χ0) is 10.4. The summed E-state index contributed by atoms with van der Waals surface area (Å²) in [6.07, 6.45) is 2.01. The number of nitrogens with one attached hydrogen (secondary N) is 1. The summed E-state index contributed by atoms with van der Waals surface area (Å²) in [7, 11) is 0. The van der Waals surface area contributed by atoms with E-state index in [-0.39, 0.29) is 18.2 Å². The zero-order valence-electron chi connectivity index (χ0n) is 7.53. The molecule has 4 nitrogen and oxygen atoms in total. The van der Waals surface area contributed by atoms with Crippen molar-refractivity contribution in [3.05, 3.63) is 29.0 Å². The van der Waals surface area contributed by atoms with Crippen LogP contribution in [0.3, 0.4) is 0 Å². The Morgan fingerprint density at radius 1 is 1.64 bits per heavy atom. The van der Waals surface area contributed by atoms with Gasteiger partial charge in [-0.1, -0.05) is 11.6 Å². The average molecular weight is 215 g/mol. The highest BCUT2D eigenvalue weighted by molar-refractivity contribution is 6.30. The van der Waals surface area contributed by atoms with E-state index in [9.17, 15) is 4.79 Å². The van der Waals surface area contributed by atoms with E-state index in [0.717, 1.165) is 0 Å². The number of pyridine rings is 1. The number of aliphatic hydroxyl groups excluding tert-OH is 1. The van der Waals surface area contributed by atoms with E-state index in [1.54, 1.807) is 6.07 Å². The predicted molar refractivity (Wildman–Crippen MR) is 53.3 cm³/mol. The topological polar surface area (TPSA) is 62.2 Å². The Labute approximate surface area is 86.9 Å². The smallest absolute Gasteiger partial charge is 0.269 e. The van der Waals surface area contributed by atoms with Crippen LogP contribution in [0.1, 0.15) is 16.9 Å². The molecule has 0 saturated heterocycles. The van der Waals surface area contributed by atoms with Crippen molar-refractivity contribution in [2.75, 3.05) is 13.2 Å². The molecular weight excluding hydrogens is 204 g/mol. The first-order chi connectivity index (χ1) is 6.74. The van der Waals surface area contributed by atoms with Gasteiger partial charge in [-0.3, -0.25) is 9.78 Å². The van der Waals surface area contributed by atoms with Crippen molar-refractivity contribution in [1.82, 2.24) is 10.3 Å². The monoisotopic (exact) mass is 214 g/mol. The number of hydrogen-bond donors (Lipinski definition) is 2. The summed E-state index contributed by atoms with van der Waals surface area (Å²) in [6.45, 7) is 0.493. The molecule has 1 aromatic rings. The summed E-state index contributed by atoms with van der Waals surface area (Å²) in [5.41, 5.74) is 0.287. The quantitative estimate of drug-likeness (QED) is 0.731. The van der Waals surface area contributed by atoms with Crippen molar-refractivity contribution in [2.45, 2.75) is 6.42 Å². The summed E-state index contributed by atoms with van der Waals surface area (Å²) >= 11 is 5.69. The van der Waals surface area contributed by atoms with E-state index in [1.165, 1.54) is 12.3 Å². The number of rotatable bonds is 4. The lowest BCUT2D eigenvalue weighted by atomic mass is 10.3. The second-order valence-electron chi connectivity index (χ2n) is 2.69. The number of nitrogens with zero attached hydrogens (tertiary/aromatic N) is 1. The fraction of sp³-hybridized carbons (Fsp3) is 0.333. The summed E-state index contributed by atoms with van der Waals surface area (Å²) < 4.78 is 0. The van der Waals surface area contributed by atoms with Crippen LogP contribution in [0.25, 0.3) is 0 Å². The van der Waals surface area contributed by atoms with Crippen molar-refractivity contribution >= 4 is 17.5 Å². The van der Waals surface area contributed by atoms with E-state index < -0.39 is 0 Å². The molecule has 0 aliphatic carbocycles. The average Bonchev–Trinajstić information content (AvgIpc) is 2.18. The second kappa shape index (κ2) is 5.57. The second-order valence-corrected chi connectivity index (χ2v) is 3.13. The number of aromatic nitrogens is 1. The van der Waals surface area contributed by atoms with Gasteiger partial charge in [0, 0.05) is 24.4 Å². The predicted octanol–water partition coefficient (Wildman–Crippen LogP) is 0.847. The largest absolute Gasteiger partial charge is 0.396 e. The molecule has 1 heterocycles. The Hall–Kier alpha value is -1.13. The fourth-order valence-electron chi connectivity index (χ4n) is 0.900. The van der Waals surface area contributed by atoms with Crippen LogP contribution in [0, 0.1) is 0 Å². The van der Waals surface area contributed by atoms with Crippen LogP contribution in [-0.2, 0) is 0 Å². The molecule has 1 aromatic heterocycles. The molecule has 5 heteroatoms. The van der Waals surface area contributed by atoms with Gasteiger partial charge in [0.25, 0.3) is 5.91 Å². The molecular formula is C9H11ClN2O2. The Morgan fingerprint density at radius 3 is 3.07 bits per heavy atom. The molecule has 0 aromatic carbocycles. The van der Waals surface area contributed by atoms with Gasteiger partial charge < -0.3 is 10.4 Å². The third-order valence-electron chi connectivity index (χ3n) is 1.58. The van der Waals surface area contributed by atoms with Gasteiger partial charge in [0.2, 0.25) is 0 Å². The molecule has 14 heavy (non-hydrogen) atoms. The maximum atomic E-state index is 11.4. The van der Waals surface area contributed by atoms with Gasteiger partial charge in [-0.25, -0.2) is 0 Å². The van der Waals surface area contributed by atoms with Crippen LogP contribution in [-0.4, -0.2) is 29.1 Å². The molecule has 0 bridgehead atoms. The van der Waals surface area contributed by atoms with Crippen LogP contribution in [0.4, 0.5) is 0 Å². The molecule has 0 aliphatic heterocycles. The maximum absolute atomic E-state index is 11.4. The first-order valence-electron chi connectivity index (χ1n) is 4.24. The summed E-state index contributed by atoms with van der Waals surface area (Å²) in [4.78, 5) is 15.2. The van der Waals surface area contributed by atoms with Gasteiger partial charge in [0.15, 0.2) is 0 Å². The maximum Gasteiger partial charge on any atom is 0.269 e. The molecule has 0 aliphatic rings. The Morgan fingerprint density at radius 2 is 2.43 bits per heavy atom. The van der Waals surface area contributed by atoms with Crippen molar-refractivity contribution in [1.29, 1.82) is 0 Å². The van der Waals surface area contributed by atoms with Crippen molar-refractivity contribution in [2.24, 2.45) is 0 Å². The van der Waals surface area contributed by atoms with Gasteiger partial charge in [0.1, 0.15) is 5.69 Å². The Bertz CT molecular complexity index is 317. The number of carbonyl (C=O) groups excluding carboxylic acids is 1. The lowest BCUT2D eigenvalue weighted by Gasteiger charge is -2.02. The normalized spacial score (nSPS) is 9.86. The van der Waals surface area contributed by atoms with Crippen LogP contribution in [0.2, 0.25) is 5.02 Å². The van der Waals surface area contributed by atoms with E-state index >= 15 is 0 Å². The first-order valence-corrected chi connectivity index (χ1v) is 4.62. The Kier molecular flexibility index (Phi) is 4.35. The summed E-state index contributed by atoms with van der Waals surface area (Å²) in [5, 5.41) is 11.6. The lowest BCUT2D eigenvalue weighted by molar-refractivity contribution is 0.0946. The van der Waals surface area contributed by atoms with Crippen molar-refractivity contribution in [3.8, 4) is 0 Å². The third-order valence-corrected chi connectivity index (χ3v) is 1.81. The van der Waals surface area contributed by atoms with Gasteiger partial charge in [-0.15, -0.1) is 0 Å². The number of amides is 1. The molecule has 1 amide bonds. The Balaban J connectivity index is 2.52. The summed E-state index contributed by atoms with van der Waals surface area (Å²) in [6, 6.07) is 3.10. The minimum atomic E-state index is -0.277. The van der Waals surface area contributed by atoms with Crippen LogP contribution in [0.5, 0.6) is 0 Å². The molecule has 1 rings (SSSR count). The van der Waals surface area contributed by atoms with E-state index in [0.29, 0.717) is 18.0 Å². The molecule has 0 atom stereocenters. The number of aliphatic hydroxyl groups is 1. The van der Waals surface area contributed by atoms with Crippen molar-refractivity contribution < 1.29 is 9.90 Å². The molecule has 0 saturated carbocycles. The molecule has 0 fully saturated rings. The van der Waals surface area contributed by atoms with Gasteiger partial charge >= 0.3 is 0 Å². The number of carbonyl (C=O) groups is 1. The highest BCUT2D eigenvalue weighted by Gasteiger charge is 2.05. The number of halogens is 1. The van der Waals surface area contributed by atoms with Gasteiger partial charge in [-0.2, -0.15) is 0 Å². The fourth-order valence-corrected chi connectivity index (χ4v) is 1.06. The minimum absolute atomic E-state index is 0.0588. The highest BCUT2D eigenvalue weighted by atomic mass is 35.5. The van der Waals surface area contributed by atoms with E-state index in [4.69, 9.17) is 16.7 Å². The minimum Gasteiger partial charge on any atom is -0.396 e. The van der Waals surface area contributed by atoms with Crippen molar-refractivity contribution in [3.63, 3.8) is 0 Å². The van der Waals surface area contributed by atoms with Crippen LogP contribution in [0.15, 0.2) is 18.3 Å². The first kappa shape index (κ1) is 10.9. The summed E-state index contributed by atoms with van der Waals surface area (Å²) in [5.74, 6) is -0.277. The van der Waals surface area contributed by atoms with E-state index in [2.05, 4.69) is 10.3 Å². The van der Waals surface area contributed by atoms with Crippen LogP contribution >= 0.6 is 11.6 Å². The zero-order valence-corrected chi connectivity index (χ0v) is 8.29. The lowest BCUT2D eigenvalue weighted by Crippen LogP contribution is -2.25. The SMILES string of the molecule is O=C(NCCCO)c1cc(Cl)ccn1.